The first-order valence-electron chi connectivity index (χ1n) is 3.29. The molecule has 0 spiro atoms. The number of hydrogen-bond donors (Lipinski definition) is 2. The molecule has 0 amide bonds. The van der Waals surface area contributed by atoms with E-state index in [1.807, 2.05) is 0 Å². The molecule has 0 bridgehead atoms. The molecule has 0 aliphatic carbocycles. The minimum absolute atomic E-state index is 1.11. The first kappa shape index (κ1) is 11.0. The van der Waals surface area contributed by atoms with Crippen LogP contribution in [0.1, 0.15) is 13.8 Å². The molecule has 2 N–H and O–H groups in total. The number of carboxylic acid groups (broad SMARTS) is 2. The Morgan fingerprint density at radius 2 is 1.33 bits per heavy atom. The molecule has 0 saturated carbocycles. The Bertz CT molecular complexity index is 202. The van der Waals surface area contributed by atoms with Gasteiger partial charge in [0.25, 0.3) is 0 Å². The van der Waals surface area contributed by atoms with E-state index >= 15 is 0 Å². The molecule has 0 aliphatic rings. The first-order valence-corrected chi connectivity index (χ1v) is 4.68. The van der Waals surface area contributed by atoms with E-state index in [1.54, 1.807) is 0 Å². The van der Waals surface area contributed by atoms with Crippen molar-refractivity contribution in [3.05, 3.63) is 0 Å². The van der Waals surface area contributed by atoms with Gasteiger partial charge in [-0.05, 0) is 13.8 Å². The summed E-state index contributed by atoms with van der Waals surface area (Å²) in [7, 11) is -2.23. The van der Waals surface area contributed by atoms with Gasteiger partial charge in [-0.2, -0.15) is 0 Å². The van der Waals surface area contributed by atoms with Crippen LogP contribution in [0.5, 0.6) is 0 Å². The maximum absolute atomic E-state index is 11.1. The van der Waals surface area contributed by atoms with Gasteiger partial charge in [0.05, 0.1) is 0 Å². The Morgan fingerprint density at radius 1 is 1.08 bits per heavy atom. The Balaban J connectivity index is 4.39. The lowest BCUT2D eigenvalue weighted by atomic mass is 10.5. The summed E-state index contributed by atoms with van der Waals surface area (Å²) in [6, 6.07) is 0. The largest absolute Gasteiger partial charge is 0.478 e. The standard InChI is InChI=1S/C6H9O5P/c1-3(5(7)8)12(11)4(2)6(9)10/h3-4H,1-2H3,(H-,7,8,9,10)/p+1. The Kier molecular flexibility index (Phi) is 3.83. The zero-order valence-electron chi connectivity index (χ0n) is 6.72. The monoisotopic (exact) mass is 193 g/mol. The van der Waals surface area contributed by atoms with Gasteiger partial charge in [-0.25, -0.2) is 9.59 Å². The summed E-state index contributed by atoms with van der Waals surface area (Å²) in [4.78, 5) is 20.6. The van der Waals surface area contributed by atoms with E-state index in [1.165, 1.54) is 13.8 Å². The van der Waals surface area contributed by atoms with Gasteiger partial charge in [-0.3, -0.25) is 0 Å². The summed E-state index contributed by atoms with van der Waals surface area (Å²) in [6.07, 6.45) is 0. The molecule has 0 rings (SSSR count). The van der Waals surface area contributed by atoms with Gasteiger partial charge in [0.15, 0.2) is 0 Å². The van der Waals surface area contributed by atoms with Crippen molar-refractivity contribution < 1.29 is 24.4 Å². The molecular weight excluding hydrogens is 183 g/mol. The quantitative estimate of drug-likeness (QED) is 0.643. The fraction of sp³-hybridized carbons (Fsp3) is 0.667. The fourth-order valence-electron chi connectivity index (χ4n) is 0.553. The molecule has 68 valence electrons. The summed E-state index contributed by atoms with van der Waals surface area (Å²) in [5.41, 5.74) is -2.21. The minimum Gasteiger partial charge on any atom is -0.478 e. The Morgan fingerprint density at radius 3 is 1.50 bits per heavy atom. The second-order valence-corrected chi connectivity index (χ2v) is 4.66. The van der Waals surface area contributed by atoms with E-state index in [0.717, 1.165) is 0 Å². The van der Waals surface area contributed by atoms with Crippen LogP contribution in [0.3, 0.4) is 0 Å². The van der Waals surface area contributed by atoms with Crippen LogP contribution in [-0.2, 0) is 14.2 Å². The molecule has 6 heteroatoms. The number of carbonyl (C=O) groups is 2. The van der Waals surface area contributed by atoms with Crippen molar-refractivity contribution in [2.24, 2.45) is 0 Å². The normalized spacial score (nSPS) is 16.3. The third-order valence-electron chi connectivity index (χ3n) is 1.48. The molecule has 0 aromatic heterocycles. The lowest BCUT2D eigenvalue weighted by Gasteiger charge is -1.96. The zero-order valence-corrected chi connectivity index (χ0v) is 7.62. The van der Waals surface area contributed by atoms with E-state index < -0.39 is 31.1 Å². The topological polar surface area (TPSA) is 91.7 Å². The van der Waals surface area contributed by atoms with Crippen molar-refractivity contribution in [2.75, 3.05) is 0 Å². The van der Waals surface area contributed by atoms with Crippen molar-refractivity contribution in [1.82, 2.24) is 0 Å². The molecule has 0 saturated heterocycles. The lowest BCUT2D eigenvalue weighted by molar-refractivity contribution is -0.136. The van der Waals surface area contributed by atoms with Crippen LogP contribution in [0.15, 0.2) is 0 Å². The van der Waals surface area contributed by atoms with Gasteiger partial charge in [0.1, 0.15) is 0 Å². The molecule has 0 fully saturated rings. The molecule has 0 aromatic rings. The van der Waals surface area contributed by atoms with Crippen LogP contribution in [0.25, 0.3) is 0 Å². The van der Waals surface area contributed by atoms with Crippen LogP contribution in [0.4, 0.5) is 0 Å². The summed E-state index contributed by atoms with van der Waals surface area (Å²) in [5, 5.41) is 16.8. The molecule has 0 aromatic carbocycles. The molecule has 5 nitrogen and oxygen atoms in total. The van der Waals surface area contributed by atoms with Crippen molar-refractivity contribution >= 4 is 19.7 Å². The third kappa shape index (κ3) is 2.58. The molecule has 0 radical (unpaired) electrons. The maximum atomic E-state index is 11.1. The van der Waals surface area contributed by atoms with Crippen molar-refractivity contribution in [1.29, 1.82) is 0 Å². The van der Waals surface area contributed by atoms with Gasteiger partial charge in [0.2, 0.25) is 11.3 Å². The zero-order chi connectivity index (χ0) is 9.89. The average Bonchev–Trinajstić information content (AvgIpc) is 2.00. The van der Waals surface area contributed by atoms with Crippen LogP contribution < -0.4 is 0 Å². The molecule has 12 heavy (non-hydrogen) atoms. The maximum Gasteiger partial charge on any atom is 0.368 e. The summed E-state index contributed by atoms with van der Waals surface area (Å²) in [6.45, 7) is 2.47. The summed E-state index contributed by atoms with van der Waals surface area (Å²) >= 11 is 0. The number of hydrogen-bond acceptors (Lipinski definition) is 3. The van der Waals surface area contributed by atoms with Crippen LogP contribution in [0.2, 0.25) is 0 Å². The highest BCUT2D eigenvalue weighted by molar-refractivity contribution is 7.48. The van der Waals surface area contributed by atoms with Crippen molar-refractivity contribution in [3.8, 4) is 0 Å². The van der Waals surface area contributed by atoms with Gasteiger partial charge in [0, 0.05) is 0 Å². The van der Waals surface area contributed by atoms with Crippen molar-refractivity contribution in [2.45, 2.75) is 25.2 Å². The van der Waals surface area contributed by atoms with Crippen LogP contribution in [-0.4, -0.2) is 33.5 Å². The molecule has 2 atom stereocenters. The van der Waals surface area contributed by atoms with E-state index in [-0.39, 0.29) is 0 Å². The van der Waals surface area contributed by atoms with Crippen molar-refractivity contribution in [3.63, 3.8) is 0 Å². The van der Waals surface area contributed by atoms with E-state index in [2.05, 4.69) is 0 Å². The van der Waals surface area contributed by atoms with Crippen LogP contribution in [0, 0.1) is 0 Å². The SMILES string of the molecule is CC(C(=O)O)[P+](=O)C(C)C(=O)O. The molecule has 0 aliphatic heterocycles. The first-order chi connectivity index (χ1) is 5.37. The van der Waals surface area contributed by atoms with Crippen LogP contribution >= 0.6 is 7.80 Å². The minimum atomic E-state index is -2.23. The summed E-state index contributed by atoms with van der Waals surface area (Å²) in [5.74, 6) is -2.46. The predicted molar refractivity (Wildman–Crippen MR) is 41.8 cm³/mol. The second kappa shape index (κ2) is 4.16. The van der Waals surface area contributed by atoms with Gasteiger partial charge < -0.3 is 10.2 Å². The molecule has 2 unspecified atom stereocenters. The third-order valence-corrected chi connectivity index (χ3v) is 3.45. The molecule has 0 heterocycles. The highest BCUT2D eigenvalue weighted by Crippen LogP contribution is 2.33. The lowest BCUT2D eigenvalue weighted by Crippen LogP contribution is -2.20. The van der Waals surface area contributed by atoms with E-state index in [4.69, 9.17) is 10.2 Å². The average molecular weight is 193 g/mol. The Labute approximate surface area is 70.2 Å². The number of carboxylic acids is 2. The van der Waals surface area contributed by atoms with E-state index in [0.29, 0.717) is 0 Å². The smallest absolute Gasteiger partial charge is 0.368 e. The summed E-state index contributed by atoms with van der Waals surface area (Å²) < 4.78 is 11.1. The number of rotatable bonds is 4. The highest BCUT2D eigenvalue weighted by atomic mass is 31.1. The van der Waals surface area contributed by atoms with Gasteiger partial charge in [-0.1, -0.05) is 4.57 Å². The molecular formula is C6H10O5P+. The Hall–Kier alpha value is -0.960. The second-order valence-electron chi connectivity index (χ2n) is 2.39. The van der Waals surface area contributed by atoms with E-state index in [9.17, 15) is 14.2 Å². The fourth-order valence-corrected chi connectivity index (χ4v) is 1.66. The van der Waals surface area contributed by atoms with Gasteiger partial charge >= 0.3 is 19.7 Å². The number of aliphatic carboxylic acids is 2. The highest BCUT2D eigenvalue weighted by Gasteiger charge is 2.41. The predicted octanol–water partition coefficient (Wildman–Crippen LogP) is 0.760. The van der Waals surface area contributed by atoms with Gasteiger partial charge in [-0.15, -0.1) is 0 Å².